The van der Waals surface area contributed by atoms with E-state index in [1.165, 1.54) is 5.56 Å². The van der Waals surface area contributed by atoms with Crippen LogP contribution >= 0.6 is 35.6 Å². The first-order valence-electron chi connectivity index (χ1n) is 10.7. The fraction of sp³-hybridized carbons (Fsp3) is 0.522. The highest BCUT2D eigenvalue weighted by molar-refractivity contribution is 14.0. The Hall–Kier alpha value is -1.29. The highest BCUT2D eigenvalue weighted by Crippen LogP contribution is 2.23. The van der Waals surface area contributed by atoms with Gasteiger partial charge in [0.1, 0.15) is 11.4 Å². The van der Waals surface area contributed by atoms with Gasteiger partial charge in [0, 0.05) is 24.7 Å². The van der Waals surface area contributed by atoms with Gasteiger partial charge in [0.2, 0.25) is 0 Å². The summed E-state index contributed by atoms with van der Waals surface area (Å²) in [5.41, 5.74) is 0.0662. The molecule has 1 fully saturated rings. The van der Waals surface area contributed by atoms with Crippen LogP contribution in [-0.2, 0) is 12.1 Å². The minimum Gasteiger partial charge on any atom is -0.466 e. The number of piperidine rings is 1. The van der Waals surface area contributed by atoms with E-state index >= 15 is 0 Å². The number of furan rings is 1. The van der Waals surface area contributed by atoms with E-state index < -0.39 is 5.60 Å². The summed E-state index contributed by atoms with van der Waals surface area (Å²) >= 11 is 6.30. The van der Waals surface area contributed by atoms with Crippen LogP contribution < -0.4 is 10.6 Å². The minimum atomic E-state index is -1.13. The fourth-order valence-electron chi connectivity index (χ4n) is 3.69. The van der Waals surface area contributed by atoms with Crippen molar-refractivity contribution < 1.29 is 9.52 Å². The standard InChI is InChI=1S/C23H33ClN4O2.HI/c1-3-25-22(27-17-23(2,29)21-9-6-14-30-21)26-15-18-10-12-28(13-11-18)16-19-7-4-5-8-20(19)24;/h4-9,14,18,29H,3,10-13,15-17H2,1-2H3,(H2,25,26,27);1H. The second-order valence-corrected chi connectivity index (χ2v) is 8.55. The molecule has 0 saturated carbocycles. The van der Waals surface area contributed by atoms with Crippen LogP contribution in [0.4, 0.5) is 0 Å². The third-order valence-corrected chi connectivity index (χ3v) is 5.93. The Kier molecular flexibility index (Phi) is 10.6. The Morgan fingerprint density at radius 3 is 2.61 bits per heavy atom. The smallest absolute Gasteiger partial charge is 0.191 e. The summed E-state index contributed by atoms with van der Waals surface area (Å²) in [5, 5.41) is 18.2. The molecule has 1 aromatic heterocycles. The van der Waals surface area contributed by atoms with Gasteiger partial charge in [0.05, 0.1) is 12.8 Å². The number of aliphatic imine (C=N–C) groups is 1. The van der Waals surface area contributed by atoms with Gasteiger partial charge >= 0.3 is 0 Å². The maximum atomic E-state index is 10.6. The molecule has 0 radical (unpaired) electrons. The molecule has 2 heterocycles. The SMILES string of the molecule is CCNC(=NCC(C)(O)c1ccco1)NCC1CCN(Cc2ccccc2Cl)CC1.I. The number of hydrogen-bond donors (Lipinski definition) is 3. The maximum absolute atomic E-state index is 10.6. The van der Waals surface area contributed by atoms with E-state index in [2.05, 4.69) is 26.6 Å². The molecule has 1 atom stereocenters. The van der Waals surface area contributed by atoms with Gasteiger partial charge in [-0.05, 0) is 69.5 Å². The number of likely N-dealkylation sites (tertiary alicyclic amines) is 1. The average molecular weight is 561 g/mol. The molecule has 8 heteroatoms. The molecular weight excluding hydrogens is 527 g/mol. The predicted molar refractivity (Wildman–Crippen MR) is 137 cm³/mol. The van der Waals surface area contributed by atoms with Gasteiger partial charge in [-0.1, -0.05) is 29.8 Å². The van der Waals surface area contributed by atoms with Crippen molar-refractivity contribution in [2.45, 2.75) is 38.8 Å². The molecule has 0 bridgehead atoms. The normalized spacial score (nSPS) is 17.6. The zero-order valence-electron chi connectivity index (χ0n) is 18.3. The van der Waals surface area contributed by atoms with Gasteiger partial charge in [-0.2, -0.15) is 0 Å². The molecule has 1 aromatic carbocycles. The zero-order valence-corrected chi connectivity index (χ0v) is 21.4. The molecule has 1 saturated heterocycles. The number of rotatable bonds is 8. The van der Waals surface area contributed by atoms with E-state index in [0.717, 1.165) is 56.5 Å². The van der Waals surface area contributed by atoms with Gasteiger partial charge in [0.25, 0.3) is 0 Å². The summed E-state index contributed by atoms with van der Waals surface area (Å²) in [6, 6.07) is 11.6. The number of aliphatic hydroxyl groups is 1. The second kappa shape index (κ2) is 12.7. The van der Waals surface area contributed by atoms with Crippen molar-refractivity contribution in [1.82, 2.24) is 15.5 Å². The first kappa shape index (κ1) is 26.0. The summed E-state index contributed by atoms with van der Waals surface area (Å²) in [7, 11) is 0. The molecule has 0 spiro atoms. The lowest BCUT2D eigenvalue weighted by Gasteiger charge is -2.32. The predicted octanol–water partition coefficient (Wildman–Crippen LogP) is 4.23. The van der Waals surface area contributed by atoms with Crippen molar-refractivity contribution in [1.29, 1.82) is 0 Å². The molecule has 6 nitrogen and oxygen atoms in total. The average Bonchev–Trinajstić information content (AvgIpc) is 3.29. The summed E-state index contributed by atoms with van der Waals surface area (Å²) in [6.45, 7) is 8.66. The Labute approximate surface area is 207 Å². The number of halogens is 2. The van der Waals surface area contributed by atoms with Crippen LogP contribution in [0.15, 0.2) is 52.1 Å². The van der Waals surface area contributed by atoms with Crippen molar-refractivity contribution in [2.75, 3.05) is 32.7 Å². The molecule has 3 rings (SSSR count). The molecule has 1 aliphatic heterocycles. The molecule has 0 amide bonds. The van der Waals surface area contributed by atoms with Crippen LogP contribution in [0.2, 0.25) is 5.02 Å². The Morgan fingerprint density at radius 1 is 1.23 bits per heavy atom. The zero-order chi connectivity index (χ0) is 21.4. The van der Waals surface area contributed by atoms with E-state index in [0.29, 0.717) is 11.7 Å². The van der Waals surface area contributed by atoms with Crippen LogP contribution in [0.3, 0.4) is 0 Å². The highest BCUT2D eigenvalue weighted by atomic mass is 127. The van der Waals surface area contributed by atoms with Gasteiger partial charge in [0.15, 0.2) is 5.96 Å². The summed E-state index contributed by atoms with van der Waals surface area (Å²) in [4.78, 5) is 7.04. The summed E-state index contributed by atoms with van der Waals surface area (Å²) in [6.07, 6.45) is 3.84. The number of hydrogen-bond acceptors (Lipinski definition) is 4. The van der Waals surface area contributed by atoms with E-state index in [1.54, 1.807) is 25.3 Å². The lowest BCUT2D eigenvalue weighted by atomic mass is 9.96. The Morgan fingerprint density at radius 2 is 1.97 bits per heavy atom. The molecule has 31 heavy (non-hydrogen) atoms. The lowest BCUT2D eigenvalue weighted by Crippen LogP contribution is -2.43. The first-order chi connectivity index (χ1) is 14.5. The summed E-state index contributed by atoms with van der Waals surface area (Å²) < 4.78 is 5.33. The topological polar surface area (TPSA) is 73.0 Å². The molecule has 0 aliphatic carbocycles. The number of benzene rings is 1. The third-order valence-electron chi connectivity index (χ3n) is 5.56. The molecule has 2 aromatic rings. The van der Waals surface area contributed by atoms with Gasteiger partial charge in [-0.3, -0.25) is 4.90 Å². The third kappa shape index (κ3) is 7.97. The van der Waals surface area contributed by atoms with Crippen LogP contribution in [-0.4, -0.2) is 48.7 Å². The summed E-state index contributed by atoms with van der Waals surface area (Å²) in [5.74, 6) is 1.85. The minimum absolute atomic E-state index is 0. The van der Waals surface area contributed by atoms with Gasteiger partial charge < -0.3 is 20.2 Å². The van der Waals surface area contributed by atoms with E-state index in [-0.39, 0.29) is 30.5 Å². The van der Waals surface area contributed by atoms with Crippen LogP contribution in [0.25, 0.3) is 0 Å². The quantitative estimate of drug-likeness (QED) is 0.256. The Balaban J connectivity index is 0.00000341. The maximum Gasteiger partial charge on any atom is 0.191 e. The molecule has 1 aliphatic rings. The van der Waals surface area contributed by atoms with Crippen molar-refractivity contribution in [3.63, 3.8) is 0 Å². The van der Waals surface area contributed by atoms with Crippen LogP contribution in [0, 0.1) is 5.92 Å². The monoisotopic (exact) mass is 560 g/mol. The number of nitrogens with zero attached hydrogens (tertiary/aromatic N) is 2. The number of guanidine groups is 1. The number of nitrogens with one attached hydrogen (secondary N) is 2. The van der Waals surface area contributed by atoms with Crippen LogP contribution in [0.5, 0.6) is 0 Å². The highest BCUT2D eigenvalue weighted by Gasteiger charge is 2.26. The van der Waals surface area contributed by atoms with Crippen molar-refractivity contribution in [2.24, 2.45) is 10.9 Å². The van der Waals surface area contributed by atoms with E-state index in [1.807, 2.05) is 25.1 Å². The second-order valence-electron chi connectivity index (χ2n) is 8.14. The fourth-order valence-corrected chi connectivity index (χ4v) is 3.89. The van der Waals surface area contributed by atoms with Gasteiger partial charge in [-0.25, -0.2) is 4.99 Å². The Bertz CT molecular complexity index is 806. The molecule has 3 N–H and O–H groups in total. The van der Waals surface area contributed by atoms with Crippen LogP contribution in [0.1, 0.15) is 38.0 Å². The van der Waals surface area contributed by atoms with Crippen molar-refractivity contribution >= 4 is 41.5 Å². The first-order valence-corrected chi connectivity index (χ1v) is 11.1. The van der Waals surface area contributed by atoms with E-state index in [9.17, 15) is 5.11 Å². The van der Waals surface area contributed by atoms with Crippen molar-refractivity contribution in [3.8, 4) is 0 Å². The van der Waals surface area contributed by atoms with Crippen molar-refractivity contribution in [3.05, 3.63) is 59.0 Å². The molecular formula is C23H34ClIN4O2. The lowest BCUT2D eigenvalue weighted by molar-refractivity contribution is 0.0437. The molecule has 1 unspecified atom stereocenters. The van der Waals surface area contributed by atoms with Gasteiger partial charge in [-0.15, -0.1) is 24.0 Å². The van der Waals surface area contributed by atoms with E-state index in [4.69, 9.17) is 16.0 Å². The molecule has 172 valence electrons. The largest absolute Gasteiger partial charge is 0.466 e.